The number of amides is 2. The summed E-state index contributed by atoms with van der Waals surface area (Å²) in [5, 5.41) is 14.1. The highest BCUT2D eigenvalue weighted by molar-refractivity contribution is 9.10. The van der Waals surface area contributed by atoms with Crippen molar-refractivity contribution in [3.63, 3.8) is 0 Å². The van der Waals surface area contributed by atoms with Crippen molar-refractivity contribution in [3.05, 3.63) is 40.9 Å². The zero-order chi connectivity index (χ0) is 13.7. The molecular weight excluding hydrogens is 300 g/mol. The first kappa shape index (κ1) is 14.2. The van der Waals surface area contributed by atoms with Crippen LogP contribution >= 0.6 is 15.9 Å². The Morgan fingerprint density at radius 1 is 1.50 bits per heavy atom. The molecule has 0 aromatic heterocycles. The van der Waals surface area contributed by atoms with Gasteiger partial charge in [-0.2, -0.15) is 0 Å². The number of carboxylic acid groups (broad SMARTS) is 1. The van der Waals surface area contributed by atoms with Gasteiger partial charge >= 0.3 is 12.0 Å². The van der Waals surface area contributed by atoms with Gasteiger partial charge in [0.1, 0.15) is 0 Å². The number of rotatable bonds is 4. The lowest BCUT2D eigenvalue weighted by atomic mass is 10.2. The van der Waals surface area contributed by atoms with Gasteiger partial charge in [-0.15, -0.1) is 6.58 Å². The monoisotopic (exact) mass is 312 g/mol. The van der Waals surface area contributed by atoms with Gasteiger partial charge in [0.15, 0.2) is 0 Å². The highest BCUT2D eigenvalue weighted by Gasteiger charge is 2.10. The van der Waals surface area contributed by atoms with Crippen LogP contribution in [0, 0.1) is 0 Å². The van der Waals surface area contributed by atoms with Gasteiger partial charge in [0, 0.05) is 16.2 Å². The molecule has 1 rings (SSSR count). The van der Waals surface area contributed by atoms with Gasteiger partial charge < -0.3 is 15.7 Å². The summed E-state index contributed by atoms with van der Waals surface area (Å²) >= 11 is 3.13. The van der Waals surface area contributed by atoms with E-state index in [1.54, 1.807) is 25.1 Å². The summed E-state index contributed by atoms with van der Waals surface area (Å²) in [6, 6.07) is 3.97. The number of hydrogen-bond donors (Lipinski definition) is 3. The average molecular weight is 313 g/mol. The fourth-order valence-electron chi connectivity index (χ4n) is 1.20. The molecule has 0 aliphatic carbocycles. The summed E-state index contributed by atoms with van der Waals surface area (Å²) in [4.78, 5) is 22.4. The standard InChI is InChI=1S/C12H13BrN2O3/c1-3-7(2)14-12(18)15-8-4-5-10(13)9(6-8)11(16)17/h3-7H,1H2,2H3,(H,16,17)(H2,14,15,18). The smallest absolute Gasteiger partial charge is 0.336 e. The molecule has 6 heteroatoms. The lowest BCUT2D eigenvalue weighted by Gasteiger charge is -2.11. The molecule has 1 aromatic carbocycles. The molecule has 0 saturated heterocycles. The molecule has 0 bridgehead atoms. The van der Waals surface area contributed by atoms with Crippen molar-refractivity contribution in [3.8, 4) is 0 Å². The third-order valence-corrected chi connectivity index (χ3v) is 2.86. The fraction of sp³-hybridized carbons (Fsp3) is 0.167. The van der Waals surface area contributed by atoms with E-state index in [1.807, 2.05) is 0 Å². The molecule has 1 atom stereocenters. The number of anilines is 1. The summed E-state index contributed by atoms with van der Waals surface area (Å²) < 4.78 is 0.459. The molecule has 1 aromatic rings. The van der Waals surface area contributed by atoms with Crippen LogP contribution in [0.3, 0.4) is 0 Å². The fourth-order valence-corrected chi connectivity index (χ4v) is 1.62. The van der Waals surface area contributed by atoms with E-state index in [4.69, 9.17) is 5.11 Å². The van der Waals surface area contributed by atoms with Crippen LogP contribution in [0.1, 0.15) is 17.3 Å². The molecule has 0 aliphatic heterocycles. The van der Waals surface area contributed by atoms with Crippen molar-refractivity contribution in [2.45, 2.75) is 13.0 Å². The number of nitrogens with one attached hydrogen (secondary N) is 2. The Labute approximate surface area is 113 Å². The minimum atomic E-state index is -1.06. The number of benzene rings is 1. The van der Waals surface area contributed by atoms with Crippen molar-refractivity contribution in [1.29, 1.82) is 0 Å². The van der Waals surface area contributed by atoms with Crippen LogP contribution in [0.5, 0.6) is 0 Å². The second kappa shape index (κ2) is 6.20. The molecule has 5 nitrogen and oxygen atoms in total. The first-order valence-electron chi connectivity index (χ1n) is 5.17. The zero-order valence-corrected chi connectivity index (χ0v) is 11.3. The van der Waals surface area contributed by atoms with Gasteiger partial charge in [-0.25, -0.2) is 9.59 Å². The Morgan fingerprint density at radius 2 is 2.17 bits per heavy atom. The van der Waals surface area contributed by atoms with Crippen LogP contribution in [-0.2, 0) is 0 Å². The summed E-state index contributed by atoms with van der Waals surface area (Å²) in [5.41, 5.74) is 0.494. The number of carbonyl (C=O) groups excluding carboxylic acids is 1. The number of carboxylic acids is 1. The SMILES string of the molecule is C=CC(C)NC(=O)Nc1ccc(Br)c(C(=O)O)c1. The molecule has 0 fully saturated rings. The normalized spacial score (nSPS) is 11.4. The Balaban J connectivity index is 2.79. The summed E-state index contributed by atoms with van der Waals surface area (Å²) in [7, 11) is 0. The average Bonchev–Trinajstić information content (AvgIpc) is 2.31. The Morgan fingerprint density at radius 3 is 2.72 bits per heavy atom. The lowest BCUT2D eigenvalue weighted by molar-refractivity contribution is 0.0696. The van der Waals surface area contributed by atoms with Crippen LogP contribution in [0.2, 0.25) is 0 Å². The molecular formula is C12H13BrN2O3. The molecule has 96 valence electrons. The van der Waals surface area contributed by atoms with Gasteiger partial charge in [-0.3, -0.25) is 0 Å². The Kier molecular flexibility index (Phi) is 4.91. The van der Waals surface area contributed by atoms with E-state index < -0.39 is 12.0 Å². The maximum Gasteiger partial charge on any atom is 0.336 e. The molecule has 0 aliphatic rings. The van der Waals surface area contributed by atoms with Gasteiger partial charge in [-0.05, 0) is 41.1 Å². The van der Waals surface area contributed by atoms with Gasteiger partial charge in [0.2, 0.25) is 0 Å². The minimum absolute atomic E-state index is 0.0876. The molecule has 2 amide bonds. The van der Waals surface area contributed by atoms with Gasteiger partial charge in [-0.1, -0.05) is 6.08 Å². The Hall–Kier alpha value is -1.82. The zero-order valence-electron chi connectivity index (χ0n) is 9.74. The maximum atomic E-state index is 11.5. The second-order valence-electron chi connectivity index (χ2n) is 3.62. The van der Waals surface area contributed by atoms with Crippen molar-refractivity contribution in [1.82, 2.24) is 5.32 Å². The molecule has 0 heterocycles. The predicted molar refractivity (Wildman–Crippen MR) is 72.9 cm³/mol. The van der Waals surface area contributed by atoms with E-state index in [0.717, 1.165) is 0 Å². The minimum Gasteiger partial charge on any atom is -0.478 e. The summed E-state index contributed by atoms with van der Waals surface area (Å²) in [6.07, 6.45) is 1.59. The highest BCUT2D eigenvalue weighted by atomic mass is 79.9. The third kappa shape index (κ3) is 3.89. The maximum absolute atomic E-state index is 11.5. The van der Waals surface area contributed by atoms with Crippen LogP contribution in [0.25, 0.3) is 0 Å². The van der Waals surface area contributed by atoms with E-state index >= 15 is 0 Å². The lowest BCUT2D eigenvalue weighted by Crippen LogP contribution is -2.34. The topological polar surface area (TPSA) is 78.4 Å². The van der Waals surface area contributed by atoms with Gasteiger partial charge in [0.05, 0.1) is 5.56 Å². The molecule has 0 saturated carbocycles. The quantitative estimate of drug-likeness (QED) is 0.748. The number of hydrogen-bond acceptors (Lipinski definition) is 2. The van der Waals surface area contributed by atoms with Crippen molar-refractivity contribution in [2.24, 2.45) is 0 Å². The van der Waals surface area contributed by atoms with Crippen LogP contribution in [0.4, 0.5) is 10.5 Å². The van der Waals surface area contributed by atoms with Crippen molar-refractivity contribution in [2.75, 3.05) is 5.32 Å². The predicted octanol–water partition coefficient (Wildman–Crippen LogP) is 2.84. The Bertz CT molecular complexity index is 488. The molecule has 0 radical (unpaired) electrons. The van der Waals surface area contributed by atoms with E-state index in [-0.39, 0.29) is 11.6 Å². The third-order valence-electron chi connectivity index (χ3n) is 2.17. The van der Waals surface area contributed by atoms with E-state index in [0.29, 0.717) is 10.2 Å². The van der Waals surface area contributed by atoms with Crippen molar-refractivity contribution < 1.29 is 14.7 Å². The number of urea groups is 1. The molecule has 3 N–H and O–H groups in total. The highest BCUT2D eigenvalue weighted by Crippen LogP contribution is 2.21. The number of halogens is 1. The molecule has 1 unspecified atom stereocenters. The van der Waals surface area contributed by atoms with Crippen LogP contribution in [0.15, 0.2) is 35.3 Å². The number of carbonyl (C=O) groups is 2. The van der Waals surface area contributed by atoms with Crippen LogP contribution in [-0.4, -0.2) is 23.1 Å². The van der Waals surface area contributed by atoms with E-state index in [9.17, 15) is 9.59 Å². The summed E-state index contributed by atoms with van der Waals surface area (Å²) in [6.45, 7) is 5.32. The molecule has 0 spiro atoms. The summed E-state index contributed by atoms with van der Waals surface area (Å²) in [5.74, 6) is -1.06. The van der Waals surface area contributed by atoms with Crippen LogP contribution < -0.4 is 10.6 Å². The first-order valence-corrected chi connectivity index (χ1v) is 5.96. The van der Waals surface area contributed by atoms with Gasteiger partial charge in [0.25, 0.3) is 0 Å². The largest absolute Gasteiger partial charge is 0.478 e. The second-order valence-corrected chi connectivity index (χ2v) is 4.48. The molecule has 18 heavy (non-hydrogen) atoms. The van der Waals surface area contributed by atoms with Crippen molar-refractivity contribution >= 4 is 33.6 Å². The van der Waals surface area contributed by atoms with E-state index in [1.165, 1.54) is 6.07 Å². The number of aromatic carboxylic acids is 1. The first-order chi connectivity index (χ1) is 8.43. The van der Waals surface area contributed by atoms with E-state index in [2.05, 4.69) is 33.1 Å².